The fraction of sp³-hybridized carbons (Fsp3) is 0. The second-order valence-electron chi connectivity index (χ2n) is 8.24. The predicted octanol–water partition coefficient (Wildman–Crippen LogP) is 6.31. The predicted molar refractivity (Wildman–Crippen MR) is 134 cm³/mol. The van der Waals surface area contributed by atoms with Gasteiger partial charge in [0.1, 0.15) is 5.52 Å². The summed E-state index contributed by atoms with van der Waals surface area (Å²) in [5.41, 5.74) is 3.77. The summed E-state index contributed by atoms with van der Waals surface area (Å²) < 4.78 is 6.00. The first-order valence-electron chi connectivity index (χ1n) is 10.9. The van der Waals surface area contributed by atoms with Crippen LogP contribution in [0, 0.1) is 0 Å². The minimum atomic E-state index is -1.19. The average Bonchev–Trinajstić information content (AvgIpc) is 3.42. The molecule has 4 aromatic carbocycles. The van der Waals surface area contributed by atoms with Crippen molar-refractivity contribution >= 4 is 46.2 Å². The van der Waals surface area contributed by atoms with Crippen LogP contribution in [0.5, 0.6) is 0 Å². The van der Waals surface area contributed by atoms with Gasteiger partial charge >= 0.3 is 5.97 Å². The number of oxazole rings is 1. The Morgan fingerprint density at radius 3 is 2.36 bits per heavy atom. The monoisotopic (exact) mass is 494 g/mol. The number of carbonyl (C=O) groups is 3. The number of aromatic nitrogens is 1. The summed E-state index contributed by atoms with van der Waals surface area (Å²) in [6.07, 6.45) is 0. The van der Waals surface area contributed by atoms with Crippen LogP contribution >= 0.6 is 11.6 Å². The van der Waals surface area contributed by atoms with Crippen molar-refractivity contribution in [2.45, 2.75) is 0 Å². The number of fused-ring (bicyclic) bond motifs is 2. The molecule has 0 aliphatic carbocycles. The zero-order valence-corrected chi connectivity index (χ0v) is 19.2. The molecule has 1 N–H and O–H groups in total. The molecule has 0 radical (unpaired) electrons. The summed E-state index contributed by atoms with van der Waals surface area (Å²) in [7, 11) is 0. The van der Waals surface area contributed by atoms with Crippen LogP contribution in [-0.2, 0) is 0 Å². The van der Waals surface area contributed by atoms with E-state index in [1.807, 2.05) is 48.5 Å². The summed E-state index contributed by atoms with van der Waals surface area (Å²) in [5, 5.41) is 9.66. The summed E-state index contributed by atoms with van der Waals surface area (Å²) >= 11 is 6.27. The summed E-state index contributed by atoms with van der Waals surface area (Å²) in [5.74, 6) is -2.21. The molecule has 0 atom stereocenters. The SMILES string of the molecule is O=C(O)c1ccc2c(c1)C(=O)N(c1ccc(Cl)cc1-c1nc3cc(-c4ccccc4)ccc3o1)C2=O. The summed E-state index contributed by atoms with van der Waals surface area (Å²) in [6, 6.07) is 24.0. The maximum Gasteiger partial charge on any atom is 0.335 e. The van der Waals surface area contributed by atoms with Gasteiger partial charge < -0.3 is 9.52 Å². The zero-order valence-electron chi connectivity index (χ0n) is 18.4. The molecule has 2 amide bonds. The Hall–Kier alpha value is -4.75. The lowest BCUT2D eigenvalue weighted by Crippen LogP contribution is -2.29. The van der Waals surface area contributed by atoms with Gasteiger partial charge in [0.15, 0.2) is 5.58 Å². The topological polar surface area (TPSA) is 101 Å². The lowest BCUT2D eigenvalue weighted by Gasteiger charge is -2.17. The van der Waals surface area contributed by atoms with Gasteiger partial charge in [0.25, 0.3) is 11.8 Å². The van der Waals surface area contributed by atoms with Crippen molar-refractivity contribution in [3.8, 4) is 22.6 Å². The number of carboxylic acids is 1. The van der Waals surface area contributed by atoms with Crippen molar-refractivity contribution in [2.75, 3.05) is 4.90 Å². The molecule has 0 saturated carbocycles. The molecule has 36 heavy (non-hydrogen) atoms. The van der Waals surface area contributed by atoms with Gasteiger partial charge in [-0.15, -0.1) is 0 Å². The molecule has 1 aliphatic heterocycles. The van der Waals surface area contributed by atoms with Crippen molar-refractivity contribution in [3.63, 3.8) is 0 Å². The van der Waals surface area contributed by atoms with E-state index >= 15 is 0 Å². The minimum absolute atomic E-state index is 0.0193. The number of hydrogen-bond acceptors (Lipinski definition) is 5. The van der Waals surface area contributed by atoms with Crippen molar-refractivity contribution < 1.29 is 23.9 Å². The Morgan fingerprint density at radius 2 is 1.58 bits per heavy atom. The van der Waals surface area contributed by atoms with E-state index < -0.39 is 17.8 Å². The van der Waals surface area contributed by atoms with E-state index in [1.165, 1.54) is 18.2 Å². The number of hydrogen-bond donors (Lipinski definition) is 1. The molecule has 1 aromatic heterocycles. The van der Waals surface area contributed by atoms with Crippen LogP contribution in [0.1, 0.15) is 31.1 Å². The molecule has 0 fully saturated rings. The average molecular weight is 495 g/mol. The smallest absolute Gasteiger partial charge is 0.335 e. The van der Waals surface area contributed by atoms with Gasteiger partial charge in [0.05, 0.1) is 27.9 Å². The maximum atomic E-state index is 13.3. The quantitative estimate of drug-likeness (QED) is 0.294. The van der Waals surface area contributed by atoms with Gasteiger partial charge in [0.2, 0.25) is 5.89 Å². The van der Waals surface area contributed by atoms with Crippen molar-refractivity contribution in [1.29, 1.82) is 0 Å². The first-order chi connectivity index (χ1) is 17.4. The summed E-state index contributed by atoms with van der Waals surface area (Å²) in [6.45, 7) is 0. The molecule has 7 nitrogen and oxygen atoms in total. The van der Waals surface area contributed by atoms with Crippen LogP contribution in [0.4, 0.5) is 5.69 Å². The highest BCUT2D eigenvalue weighted by molar-refractivity contribution is 6.36. The Labute approximate surface area is 209 Å². The Bertz CT molecular complexity index is 1730. The van der Waals surface area contributed by atoms with E-state index in [0.29, 0.717) is 21.7 Å². The molecule has 0 unspecified atom stereocenters. The fourth-order valence-corrected chi connectivity index (χ4v) is 4.49. The molecule has 6 rings (SSSR count). The highest BCUT2D eigenvalue weighted by atomic mass is 35.5. The molecule has 1 aliphatic rings. The Morgan fingerprint density at radius 1 is 0.806 bits per heavy atom. The number of carboxylic acid groups (broad SMARTS) is 1. The normalized spacial score (nSPS) is 12.9. The number of rotatable bonds is 4. The number of halogens is 1. The minimum Gasteiger partial charge on any atom is -0.478 e. The third kappa shape index (κ3) is 3.45. The van der Waals surface area contributed by atoms with Crippen LogP contribution in [0.15, 0.2) is 89.3 Å². The van der Waals surface area contributed by atoms with Crippen molar-refractivity contribution in [1.82, 2.24) is 4.98 Å². The third-order valence-electron chi connectivity index (χ3n) is 6.06. The highest BCUT2D eigenvalue weighted by Gasteiger charge is 2.39. The molecule has 8 heteroatoms. The number of nitrogens with zero attached hydrogens (tertiary/aromatic N) is 2. The number of carbonyl (C=O) groups excluding carboxylic acids is 2. The molecule has 2 heterocycles. The van der Waals surface area contributed by atoms with Gasteiger partial charge in [-0.1, -0.05) is 48.0 Å². The molecule has 0 bridgehead atoms. The molecule has 5 aromatic rings. The van der Waals surface area contributed by atoms with Gasteiger partial charge in [-0.25, -0.2) is 14.7 Å². The first kappa shape index (κ1) is 21.8. The van der Waals surface area contributed by atoms with Crippen LogP contribution < -0.4 is 4.90 Å². The third-order valence-corrected chi connectivity index (χ3v) is 6.29. The largest absolute Gasteiger partial charge is 0.478 e. The Kier molecular flexibility index (Phi) is 4.94. The number of amides is 2. The lowest BCUT2D eigenvalue weighted by molar-refractivity contribution is 0.0696. The van der Waals surface area contributed by atoms with Crippen LogP contribution in [-0.4, -0.2) is 27.9 Å². The number of benzene rings is 4. The van der Waals surface area contributed by atoms with E-state index in [-0.39, 0.29) is 28.3 Å². The standard InChI is InChI=1S/C28H15ClN2O5/c29-18-8-10-23(31-26(32)19-9-6-17(28(34)35)12-20(19)27(31)33)21(14-18)25-30-22-13-16(7-11-24(22)36-25)15-4-2-1-3-5-15/h1-14H,(H,34,35). The molecule has 174 valence electrons. The second-order valence-corrected chi connectivity index (χ2v) is 8.68. The number of anilines is 1. The van der Waals surface area contributed by atoms with Gasteiger partial charge in [-0.05, 0) is 59.7 Å². The van der Waals surface area contributed by atoms with Crippen molar-refractivity contribution in [3.05, 3.63) is 107 Å². The summed E-state index contributed by atoms with van der Waals surface area (Å²) in [4.78, 5) is 43.4. The molecule has 0 saturated heterocycles. The first-order valence-corrected chi connectivity index (χ1v) is 11.3. The Balaban J connectivity index is 1.46. The van der Waals surface area contributed by atoms with E-state index in [1.54, 1.807) is 18.2 Å². The highest BCUT2D eigenvalue weighted by Crippen LogP contribution is 2.39. The fourth-order valence-electron chi connectivity index (χ4n) is 4.32. The number of aromatic carboxylic acids is 1. The van der Waals surface area contributed by atoms with Gasteiger partial charge in [-0.2, -0.15) is 0 Å². The van der Waals surface area contributed by atoms with Gasteiger partial charge in [-0.3, -0.25) is 9.59 Å². The van der Waals surface area contributed by atoms with Gasteiger partial charge in [0, 0.05) is 5.02 Å². The van der Waals surface area contributed by atoms with Crippen LogP contribution in [0.25, 0.3) is 33.7 Å². The molecular weight excluding hydrogens is 480 g/mol. The van der Waals surface area contributed by atoms with E-state index in [0.717, 1.165) is 16.0 Å². The van der Waals surface area contributed by atoms with Crippen LogP contribution in [0.2, 0.25) is 5.02 Å². The second kappa shape index (κ2) is 8.18. The van der Waals surface area contributed by atoms with Crippen LogP contribution in [0.3, 0.4) is 0 Å². The zero-order chi connectivity index (χ0) is 25.0. The number of imide groups is 1. The molecule has 0 spiro atoms. The van der Waals surface area contributed by atoms with E-state index in [9.17, 15) is 19.5 Å². The van der Waals surface area contributed by atoms with E-state index in [4.69, 9.17) is 16.0 Å². The lowest BCUT2D eigenvalue weighted by atomic mass is 10.1. The molecular formula is C28H15ClN2O5. The van der Waals surface area contributed by atoms with Crippen molar-refractivity contribution in [2.24, 2.45) is 0 Å². The van der Waals surface area contributed by atoms with E-state index in [2.05, 4.69) is 4.98 Å². The maximum absolute atomic E-state index is 13.3.